The first-order valence-corrected chi connectivity index (χ1v) is 11.8. The van der Waals surface area contributed by atoms with E-state index in [9.17, 15) is 14.0 Å². The minimum absolute atomic E-state index is 0.324. The van der Waals surface area contributed by atoms with Gasteiger partial charge < -0.3 is 10.1 Å². The highest BCUT2D eigenvalue weighted by Crippen LogP contribution is 2.37. The van der Waals surface area contributed by atoms with Gasteiger partial charge in [-0.25, -0.2) is 4.39 Å². The maximum Gasteiger partial charge on any atom is 0.309 e. The number of nitrogens with zero attached hydrogens (tertiary/aromatic N) is 2. The summed E-state index contributed by atoms with van der Waals surface area (Å²) >= 11 is 0. The molecule has 6 nitrogen and oxygen atoms in total. The lowest BCUT2D eigenvalue weighted by Gasteiger charge is -2.11. The second kappa shape index (κ2) is 10.6. The van der Waals surface area contributed by atoms with Crippen LogP contribution in [0, 0.1) is 18.7 Å². The molecule has 1 N–H and O–H groups in total. The van der Waals surface area contributed by atoms with Crippen LogP contribution in [0.2, 0.25) is 0 Å². The molecule has 0 atom stereocenters. The number of hydrogen-bond acceptors (Lipinski definition) is 4. The van der Waals surface area contributed by atoms with Crippen molar-refractivity contribution >= 4 is 17.6 Å². The molecule has 0 aliphatic carbocycles. The van der Waals surface area contributed by atoms with Crippen molar-refractivity contribution in [1.82, 2.24) is 9.78 Å². The Hall–Kier alpha value is -4.26. The molecule has 184 valence electrons. The van der Waals surface area contributed by atoms with Gasteiger partial charge in [0.05, 0.1) is 16.9 Å². The summed E-state index contributed by atoms with van der Waals surface area (Å²) < 4.78 is 20.5. The number of aryl methyl sites for hydroxylation is 1. The molecule has 4 aromatic rings. The number of esters is 1. The Morgan fingerprint density at radius 1 is 0.972 bits per heavy atom. The van der Waals surface area contributed by atoms with Crippen LogP contribution in [0.4, 0.5) is 10.1 Å². The topological polar surface area (TPSA) is 73.2 Å². The summed E-state index contributed by atoms with van der Waals surface area (Å²) in [5, 5.41) is 7.66. The highest BCUT2D eigenvalue weighted by Gasteiger charge is 2.24. The molecule has 0 saturated carbocycles. The third kappa shape index (κ3) is 5.68. The van der Waals surface area contributed by atoms with Gasteiger partial charge >= 0.3 is 5.97 Å². The third-order valence-corrected chi connectivity index (χ3v) is 5.57. The van der Waals surface area contributed by atoms with Crippen LogP contribution in [0.25, 0.3) is 16.8 Å². The first-order valence-electron chi connectivity index (χ1n) is 11.8. The molecule has 0 bridgehead atoms. The number of ether oxygens (including phenoxy) is 1. The zero-order chi connectivity index (χ0) is 25.8. The minimum Gasteiger partial charge on any atom is -0.407 e. The van der Waals surface area contributed by atoms with Crippen molar-refractivity contribution in [3.05, 3.63) is 95.4 Å². The highest BCUT2D eigenvalue weighted by atomic mass is 19.1. The number of aromatic nitrogens is 2. The molecule has 36 heavy (non-hydrogen) atoms. The van der Waals surface area contributed by atoms with E-state index in [1.54, 1.807) is 16.8 Å². The van der Waals surface area contributed by atoms with E-state index in [4.69, 9.17) is 9.84 Å². The summed E-state index contributed by atoms with van der Waals surface area (Å²) in [6.45, 7) is 7.58. The van der Waals surface area contributed by atoms with E-state index in [2.05, 4.69) is 19.2 Å². The number of amides is 1. The van der Waals surface area contributed by atoms with E-state index in [1.165, 1.54) is 31.2 Å². The molecule has 0 aliphatic rings. The zero-order valence-electron chi connectivity index (χ0n) is 20.7. The quantitative estimate of drug-likeness (QED) is 0.309. The van der Waals surface area contributed by atoms with Gasteiger partial charge in [-0.2, -0.15) is 9.78 Å². The van der Waals surface area contributed by atoms with Crippen LogP contribution < -0.4 is 10.1 Å². The lowest BCUT2D eigenvalue weighted by Crippen LogP contribution is -2.11. The summed E-state index contributed by atoms with van der Waals surface area (Å²) in [4.78, 5) is 24.6. The van der Waals surface area contributed by atoms with E-state index >= 15 is 0 Å². The van der Waals surface area contributed by atoms with Gasteiger partial charge in [-0.05, 0) is 73.4 Å². The van der Waals surface area contributed by atoms with Crippen LogP contribution in [-0.4, -0.2) is 21.7 Å². The molecule has 0 aliphatic heterocycles. The zero-order valence-corrected chi connectivity index (χ0v) is 20.7. The number of anilines is 1. The van der Waals surface area contributed by atoms with Gasteiger partial charge in [0.25, 0.3) is 5.91 Å². The average Bonchev–Trinajstić information content (AvgIpc) is 3.16. The number of carbonyl (C=O) groups excluding carboxylic acids is 2. The van der Waals surface area contributed by atoms with Crippen molar-refractivity contribution < 1.29 is 18.7 Å². The molecular formula is C29H28FN3O3. The predicted octanol–water partition coefficient (Wildman–Crippen LogP) is 6.36. The molecular weight excluding hydrogens is 457 g/mol. The van der Waals surface area contributed by atoms with Gasteiger partial charge in [0.1, 0.15) is 5.82 Å². The molecule has 0 radical (unpaired) electrons. The van der Waals surface area contributed by atoms with Crippen molar-refractivity contribution in [2.24, 2.45) is 5.92 Å². The number of hydrogen-bond donors (Lipinski definition) is 1. The second-order valence-corrected chi connectivity index (χ2v) is 9.10. The van der Waals surface area contributed by atoms with Crippen molar-refractivity contribution in [1.29, 1.82) is 0 Å². The van der Waals surface area contributed by atoms with Crippen molar-refractivity contribution in [2.45, 2.75) is 34.1 Å². The molecule has 1 aromatic heterocycles. The Morgan fingerprint density at radius 2 is 1.61 bits per heavy atom. The lowest BCUT2D eigenvalue weighted by atomic mass is 9.99. The molecule has 1 amide bonds. The Morgan fingerprint density at radius 3 is 2.19 bits per heavy atom. The number of rotatable bonds is 7. The molecule has 0 saturated heterocycles. The predicted molar refractivity (Wildman–Crippen MR) is 138 cm³/mol. The van der Waals surface area contributed by atoms with Gasteiger partial charge in [0.15, 0.2) is 0 Å². The minimum atomic E-state index is -0.441. The van der Waals surface area contributed by atoms with Crippen LogP contribution in [-0.2, 0) is 11.2 Å². The Labute approximate surface area is 209 Å². The van der Waals surface area contributed by atoms with Crippen LogP contribution in [0.1, 0.15) is 42.4 Å². The van der Waals surface area contributed by atoms with Crippen LogP contribution in [0.15, 0.2) is 72.8 Å². The van der Waals surface area contributed by atoms with E-state index < -0.39 is 11.8 Å². The second-order valence-electron chi connectivity index (χ2n) is 9.10. The molecule has 4 rings (SSSR count). The van der Waals surface area contributed by atoms with E-state index in [0.717, 1.165) is 28.1 Å². The van der Waals surface area contributed by atoms with Crippen molar-refractivity contribution in [3.8, 4) is 22.7 Å². The van der Waals surface area contributed by atoms with Gasteiger partial charge in [-0.3, -0.25) is 9.59 Å². The number of carbonyl (C=O) groups is 2. The normalized spacial score (nSPS) is 10.9. The standard InChI is InChI=1S/C29H28FN3O3/c1-18(2)17-26-27(29(36-20(4)34)33(32-26)25-15-5-19(3)6-16-25)21-9-13-24(14-10-21)31-28(35)22-7-11-23(30)12-8-22/h5-16,18H,17H2,1-4H3,(H,31,35). The van der Waals surface area contributed by atoms with Crippen molar-refractivity contribution in [3.63, 3.8) is 0 Å². The monoisotopic (exact) mass is 485 g/mol. The first-order chi connectivity index (χ1) is 17.2. The van der Waals surface area contributed by atoms with Crippen LogP contribution in [0.3, 0.4) is 0 Å². The van der Waals surface area contributed by atoms with Crippen molar-refractivity contribution in [2.75, 3.05) is 5.32 Å². The summed E-state index contributed by atoms with van der Waals surface area (Å²) in [5.74, 6) is -0.502. The summed E-state index contributed by atoms with van der Waals surface area (Å²) in [6, 6.07) is 20.5. The van der Waals surface area contributed by atoms with Gasteiger partial charge in [0, 0.05) is 18.2 Å². The highest BCUT2D eigenvalue weighted by molar-refractivity contribution is 6.04. The average molecular weight is 486 g/mol. The number of halogens is 1. The van der Waals surface area contributed by atoms with Gasteiger partial charge in [-0.15, -0.1) is 0 Å². The molecule has 0 unspecified atom stereocenters. The Balaban J connectivity index is 1.73. The maximum absolute atomic E-state index is 13.2. The Bertz CT molecular complexity index is 1370. The van der Waals surface area contributed by atoms with E-state index in [-0.39, 0.29) is 5.91 Å². The molecule has 0 spiro atoms. The van der Waals surface area contributed by atoms with Gasteiger partial charge in [-0.1, -0.05) is 43.7 Å². The first kappa shape index (κ1) is 24.9. The third-order valence-electron chi connectivity index (χ3n) is 5.57. The van der Waals surface area contributed by atoms with E-state index in [0.29, 0.717) is 29.5 Å². The van der Waals surface area contributed by atoms with E-state index in [1.807, 2.05) is 43.3 Å². The summed E-state index contributed by atoms with van der Waals surface area (Å²) in [7, 11) is 0. The van der Waals surface area contributed by atoms with Crippen LogP contribution >= 0.6 is 0 Å². The molecule has 0 fully saturated rings. The summed E-state index contributed by atoms with van der Waals surface area (Å²) in [5.41, 5.74) is 5.19. The number of nitrogens with one attached hydrogen (secondary N) is 1. The molecule has 1 heterocycles. The lowest BCUT2D eigenvalue weighted by molar-refractivity contribution is -0.132. The fraction of sp³-hybridized carbons (Fsp3) is 0.207. The fourth-order valence-electron chi connectivity index (χ4n) is 3.88. The molecule has 3 aromatic carbocycles. The summed E-state index contributed by atoms with van der Waals surface area (Å²) in [6.07, 6.45) is 0.686. The van der Waals surface area contributed by atoms with Crippen LogP contribution in [0.5, 0.6) is 5.88 Å². The smallest absolute Gasteiger partial charge is 0.309 e. The maximum atomic E-state index is 13.2. The fourth-order valence-corrected chi connectivity index (χ4v) is 3.88. The van der Waals surface area contributed by atoms with Gasteiger partial charge in [0.2, 0.25) is 5.88 Å². The molecule has 7 heteroatoms. The SMILES string of the molecule is CC(=O)Oc1c(-c2ccc(NC(=O)c3ccc(F)cc3)cc2)c(CC(C)C)nn1-c1ccc(C)cc1. The largest absolute Gasteiger partial charge is 0.407 e. The number of benzene rings is 3. The Kier molecular flexibility index (Phi) is 7.29.